The number of halogens is 3. The van der Waals surface area contributed by atoms with Gasteiger partial charge in [0.15, 0.2) is 0 Å². The van der Waals surface area contributed by atoms with Crippen molar-refractivity contribution in [2.24, 2.45) is 0 Å². The quantitative estimate of drug-likeness (QED) is 0.787. The van der Waals surface area contributed by atoms with Gasteiger partial charge in [-0.1, -0.05) is 12.1 Å². The van der Waals surface area contributed by atoms with Gasteiger partial charge in [-0.3, -0.25) is 0 Å². The Balaban J connectivity index is 2.24. The molecular weight excluding hydrogens is 312 g/mol. The maximum absolute atomic E-state index is 13.8. The zero-order chi connectivity index (χ0) is 14.0. The first-order valence-corrected chi connectivity index (χ1v) is 6.72. The highest BCUT2D eigenvalue weighted by molar-refractivity contribution is 9.10. The van der Waals surface area contributed by atoms with Crippen LogP contribution < -0.4 is 5.32 Å². The minimum Gasteiger partial charge on any atom is -0.381 e. The Labute approximate surface area is 119 Å². The van der Waals surface area contributed by atoms with Crippen LogP contribution in [-0.4, -0.2) is 0 Å². The van der Waals surface area contributed by atoms with Crippen LogP contribution in [0, 0.1) is 25.5 Å². The van der Waals surface area contributed by atoms with Crippen molar-refractivity contribution in [3.63, 3.8) is 0 Å². The van der Waals surface area contributed by atoms with Gasteiger partial charge in [0, 0.05) is 17.8 Å². The maximum Gasteiger partial charge on any atom is 0.145 e. The highest BCUT2D eigenvalue weighted by Gasteiger charge is 2.12. The molecule has 1 N–H and O–H groups in total. The van der Waals surface area contributed by atoms with E-state index >= 15 is 0 Å². The van der Waals surface area contributed by atoms with Crippen LogP contribution in [0.4, 0.5) is 14.5 Å². The predicted molar refractivity (Wildman–Crippen MR) is 77.3 cm³/mol. The first-order valence-electron chi connectivity index (χ1n) is 5.93. The predicted octanol–water partition coefficient (Wildman–Crippen LogP) is 4.96. The Hall–Kier alpha value is -1.42. The summed E-state index contributed by atoms with van der Waals surface area (Å²) in [6.45, 7) is 4.09. The molecule has 0 bridgehead atoms. The minimum absolute atomic E-state index is 0.0373. The van der Waals surface area contributed by atoms with Gasteiger partial charge in [0.1, 0.15) is 11.6 Å². The molecule has 0 aromatic heterocycles. The summed E-state index contributed by atoms with van der Waals surface area (Å²) in [6, 6.07) is 8.44. The zero-order valence-corrected chi connectivity index (χ0v) is 12.3. The van der Waals surface area contributed by atoms with E-state index < -0.39 is 11.6 Å². The van der Waals surface area contributed by atoms with Crippen molar-refractivity contribution in [3.8, 4) is 0 Å². The van der Waals surface area contributed by atoms with Crippen LogP contribution in [-0.2, 0) is 6.54 Å². The molecule has 19 heavy (non-hydrogen) atoms. The SMILES string of the molecule is Cc1cccc(NCc2c(F)ccc(Br)c2F)c1C. The second-order valence-electron chi connectivity index (χ2n) is 4.42. The van der Waals surface area contributed by atoms with Crippen LogP contribution in [0.3, 0.4) is 0 Å². The third-order valence-electron chi connectivity index (χ3n) is 3.20. The molecule has 0 saturated carbocycles. The molecule has 100 valence electrons. The van der Waals surface area contributed by atoms with E-state index in [2.05, 4.69) is 21.2 Å². The van der Waals surface area contributed by atoms with Gasteiger partial charge in [0.2, 0.25) is 0 Å². The lowest BCUT2D eigenvalue weighted by Gasteiger charge is -2.13. The lowest BCUT2D eigenvalue weighted by molar-refractivity contribution is 0.555. The van der Waals surface area contributed by atoms with Crippen molar-refractivity contribution in [2.75, 3.05) is 5.32 Å². The summed E-state index contributed by atoms with van der Waals surface area (Å²) in [5, 5.41) is 3.08. The van der Waals surface area contributed by atoms with Crippen LogP contribution in [0.25, 0.3) is 0 Å². The van der Waals surface area contributed by atoms with Gasteiger partial charge in [0.05, 0.1) is 4.47 Å². The Morgan fingerprint density at radius 2 is 1.84 bits per heavy atom. The van der Waals surface area contributed by atoms with Gasteiger partial charge in [0.25, 0.3) is 0 Å². The van der Waals surface area contributed by atoms with Gasteiger partial charge >= 0.3 is 0 Å². The fourth-order valence-electron chi connectivity index (χ4n) is 1.86. The molecule has 2 aromatic rings. The fraction of sp³-hybridized carbons (Fsp3) is 0.200. The molecule has 1 nitrogen and oxygen atoms in total. The second-order valence-corrected chi connectivity index (χ2v) is 5.28. The van der Waals surface area contributed by atoms with E-state index in [-0.39, 0.29) is 16.6 Å². The van der Waals surface area contributed by atoms with Gasteiger partial charge in [-0.25, -0.2) is 8.78 Å². The molecule has 0 spiro atoms. The van der Waals surface area contributed by atoms with Crippen molar-refractivity contribution in [1.82, 2.24) is 0 Å². The summed E-state index contributed by atoms with van der Waals surface area (Å²) in [7, 11) is 0. The number of benzene rings is 2. The summed E-state index contributed by atoms with van der Waals surface area (Å²) in [5.41, 5.74) is 3.15. The summed E-state index contributed by atoms with van der Waals surface area (Å²) < 4.78 is 27.7. The molecule has 2 aromatic carbocycles. The van der Waals surface area contributed by atoms with Crippen LogP contribution in [0.1, 0.15) is 16.7 Å². The zero-order valence-electron chi connectivity index (χ0n) is 10.7. The van der Waals surface area contributed by atoms with Gasteiger partial charge in [-0.2, -0.15) is 0 Å². The maximum atomic E-state index is 13.8. The molecule has 2 rings (SSSR count). The third kappa shape index (κ3) is 2.95. The van der Waals surface area contributed by atoms with Crippen molar-refractivity contribution >= 4 is 21.6 Å². The van der Waals surface area contributed by atoms with E-state index in [0.717, 1.165) is 16.8 Å². The Kier molecular flexibility index (Phi) is 4.20. The van der Waals surface area contributed by atoms with E-state index in [1.54, 1.807) is 0 Å². The molecule has 0 aliphatic carbocycles. The summed E-state index contributed by atoms with van der Waals surface area (Å²) >= 11 is 3.06. The number of rotatable bonds is 3. The molecule has 0 heterocycles. The number of nitrogens with one attached hydrogen (secondary N) is 1. The van der Waals surface area contributed by atoms with Crippen LogP contribution in [0.2, 0.25) is 0 Å². The van der Waals surface area contributed by atoms with Crippen molar-refractivity contribution in [2.45, 2.75) is 20.4 Å². The Morgan fingerprint density at radius 3 is 2.58 bits per heavy atom. The first kappa shape index (κ1) is 14.0. The standard InChI is InChI=1S/C15H14BrF2N/c1-9-4-3-5-14(10(9)2)19-8-11-13(17)7-6-12(16)15(11)18/h3-7,19H,8H2,1-2H3. The smallest absolute Gasteiger partial charge is 0.145 e. The molecule has 0 aliphatic rings. The molecule has 0 radical (unpaired) electrons. The lowest BCUT2D eigenvalue weighted by atomic mass is 10.1. The minimum atomic E-state index is -0.558. The summed E-state index contributed by atoms with van der Waals surface area (Å²) in [6.07, 6.45) is 0. The number of hydrogen-bond donors (Lipinski definition) is 1. The van der Waals surface area contributed by atoms with E-state index in [9.17, 15) is 8.78 Å². The monoisotopic (exact) mass is 325 g/mol. The molecule has 0 aliphatic heterocycles. The van der Waals surface area contributed by atoms with Gasteiger partial charge < -0.3 is 5.32 Å². The van der Waals surface area contributed by atoms with Gasteiger partial charge in [-0.05, 0) is 59.1 Å². The normalized spacial score (nSPS) is 10.6. The van der Waals surface area contributed by atoms with Crippen LogP contribution in [0.15, 0.2) is 34.8 Å². The first-order chi connectivity index (χ1) is 9.00. The fourth-order valence-corrected chi connectivity index (χ4v) is 2.23. The highest BCUT2D eigenvalue weighted by Crippen LogP contribution is 2.24. The molecule has 0 unspecified atom stereocenters. The second kappa shape index (κ2) is 5.70. The number of aryl methyl sites for hydroxylation is 1. The van der Waals surface area contributed by atoms with Crippen molar-refractivity contribution in [3.05, 3.63) is 63.1 Å². The van der Waals surface area contributed by atoms with Crippen LogP contribution >= 0.6 is 15.9 Å². The summed E-state index contributed by atoms with van der Waals surface area (Å²) in [5.74, 6) is -1.10. The molecular formula is C15H14BrF2N. The average Bonchev–Trinajstić information content (AvgIpc) is 2.39. The largest absolute Gasteiger partial charge is 0.381 e. The number of anilines is 1. The molecule has 4 heteroatoms. The molecule has 0 atom stereocenters. The van der Waals surface area contributed by atoms with Crippen LogP contribution in [0.5, 0.6) is 0 Å². The Bertz CT molecular complexity index is 611. The van der Waals surface area contributed by atoms with Crippen molar-refractivity contribution in [1.29, 1.82) is 0 Å². The molecule has 0 saturated heterocycles. The Morgan fingerprint density at radius 1 is 1.11 bits per heavy atom. The molecule has 0 amide bonds. The average molecular weight is 326 g/mol. The summed E-state index contributed by atoms with van der Waals surface area (Å²) in [4.78, 5) is 0. The number of hydrogen-bond acceptors (Lipinski definition) is 1. The van der Waals surface area contributed by atoms with E-state index in [1.807, 2.05) is 32.0 Å². The van der Waals surface area contributed by atoms with Crippen molar-refractivity contribution < 1.29 is 8.78 Å². The highest BCUT2D eigenvalue weighted by atomic mass is 79.9. The molecule has 0 fully saturated rings. The van der Waals surface area contributed by atoms with E-state index in [4.69, 9.17) is 0 Å². The third-order valence-corrected chi connectivity index (χ3v) is 3.81. The van der Waals surface area contributed by atoms with E-state index in [0.29, 0.717) is 0 Å². The van der Waals surface area contributed by atoms with E-state index in [1.165, 1.54) is 12.1 Å². The lowest BCUT2D eigenvalue weighted by Crippen LogP contribution is -2.06. The van der Waals surface area contributed by atoms with Gasteiger partial charge in [-0.15, -0.1) is 0 Å². The topological polar surface area (TPSA) is 12.0 Å².